The summed E-state index contributed by atoms with van der Waals surface area (Å²) in [6.45, 7) is 0. The lowest BCUT2D eigenvalue weighted by atomic mass is 10.2. The first-order valence-corrected chi connectivity index (χ1v) is 7.26. The Morgan fingerprint density at radius 3 is 2.64 bits per heavy atom. The Balaban J connectivity index is 1.89. The largest absolute Gasteiger partial charge is 0.289 e. The van der Waals surface area contributed by atoms with Crippen LogP contribution in [0.1, 0.15) is 11.3 Å². The second-order valence-corrected chi connectivity index (χ2v) is 5.39. The number of hydrogen-bond donors (Lipinski definition) is 1. The fourth-order valence-electron chi connectivity index (χ4n) is 1.96. The molecule has 110 valence electrons. The number of aromatic nitrogens is 3. The van der Waals surface area contributed by atoms with E-state index in [9.17, 15) is 4.79 Å². The molecule has 0 spiro atoms. The first-order chi connectivity index (χ1) is 10.6. The van der Waals surface area contributed by atoms with Gasteiger partial charge in [0.15, 0.2) is 5.82 Å². The molecule has 2 aromatic heterocycles. The highest BCUT2D eigenvalue weighted by atomic mass is 35.5. The third kappa shape index (κ3) is 3.13. The van der Waals surface area contributed by atoms with Crippen molar-refractivity contribution in [3.63, 3.8) is 0 Å². The summed E-state index contributed by atoms with van der Waals surface area (Å²) in [4.78, 5) is 16.1. The molecule has 0 saturated heterocycles. The Kier molecular flexibility index (Phi) is 4.13. The van der Waals surface area contributed by atoms with Crippen LogP contribution in [0.3, 0.4) is 0 Å². The van der Waals surface area contributed by atoms with Crippen LogP contribution < -0.4 is 5.56 Å². The number of H-pyrrole nitrogens is 1. The Morgan fingerprint density at radius 2 is 1.91 bits per heavy atom. The molecule has 0 unspecified atom stereocenters. The SMILES string of the molecule is O=c1cc(/C=C/c2ccc(Cl)c(Cl)c2)[nH]n1-c1ccccn1. The van der Waals surface area contributed by atoms with Crippen molar-refractivity contribution in [2.24, 2.45) is 0 Å². The van der Waals surface area contributed by atoms with Crippen molar-refractivity contribution < 1.29 is 0 Å². The summed E-state index contributed by atoms with van der Waals surface area (Å²) in [5.74, 6) is 0.543. The van der Waals surface area contributed by atoms with Crippen LogP contribution >= 0.6 is 23.2 Å². The summed E-state index contributed by atoms with van der Waals surface area (Å²) in [6, 6.07) is 12.2. The molecular formula is C16H11Cl2N3O. The van der Waals surface area contributed by atoms with Crippen LogP contribution in [0.5, 0.6) is 0 Å². The number of rotatable bonds is 3. The minimum atomic E-state index is -0.174. The second-order valence-electron chi connectivity index (χ2n) is 4.58. The number of nitrogens with one attached hydrogen (secondary N) is 1. The van der Waals surface area contributed by atoms with Gasteiger partial charge in [-0.2, -0.15) is 0 Å². The number of nitrogens with zero attached hydrogens (tertiary/aromatic N) is 2. The zero-order valence-corrected chi connectivity index (χ0v) is 12.8. The number of hydrogen-bond acceptors (Lipinski definition) is 2. The molecule has 0 radical (unpaired) electrons. The van der Waals surface area contributed by atoms with Gasteiger partial charge in [0, 0.05) is 12.3 Å². The van der Waals surface area contributed by atoms with Crippen LogP contribution in [-0.4, -0.2) is 14.8 Å². The van der Waals surface area contributed by atoms with Crippen LogP contribution in [0.25, 0.3) is 18.0 Å². The Bertz CT molecular complexity index is 882. The lowest BCUT2D eigenvalue weighted by Crippen LogP contribution is -2.14. The average Bonchev–Trinajstić information content (AvgIpc) is 2.90. The van der Waals surface area contributed by atoms with Crippen LogP contribution in [0.4, 0.5) is 0 Å². The van der Waals surface area contributed by atoms with E-state index in [0.717, 1.165) is 5.56 Å². The molecule has 1 aromatic carbocycles. The predicted octanol–water partition coefficient (Wildman–Crippen LogP) is 4.04. The zero-order valence-electron chi connectivity index (χ0n) is 11.3. The number of pyridine rings is 1. The van der Waals surface area contributed by atoms with Gasteiger partial charge in [-0.25, -0.2) is 9.67 Å². The maximum absolute atomic E-state index is 12.0. The fourth-order valence-corrected chi connectivity index (χ4v) is 2.26. The van der Waals surface area contributed by atoms with E-state index in [1.165, 1.54) is 10.7 Å². The van der Waals surface area contributed by atoms with E-state index in [2.05, 4.69) is 10.1 Å². The number of benzene rings is 1. The fraction of sp³-hybridized carbons (Fsp3) is 0. The lowest BCUT2D eigenvalue weighted by Gasteiger charge is -1.99. The summed E-state index contributed by atoms with van der Waals surface area (Å²) in [7, 11) is 0. The molecule has 0 bridgehead atoms. The minimum Gasteiger partial charge on any atom is -0.289 e. The molecule has 3 rings (SSSR count). The van der Waals surface area contributed by atoms with E-state index in [1.807, 2.05) is 18.2 Å². The first-order valence-electron chi connectivity index (χ1n) is 6.50. The van der Waals surface area contributed by atoms with Gasteiger partial charge < -0.3 is 0 Å². The van der Waals surface area contributed by atoms with Crippen molar-refractivity contribution in [2.75, 3.05) is 0 Å². The highest BCUT2D eigenvalue weighted by molar-refractivity contribution is 6.42. The second kappa shape index (κ2) is 6.22. The van der Waals surface area contributed by atoms with Gasteiger partial charge in [-0.05, 0) is 35.9 Å². The number of halogens is 2. The highest BCUT2D eigenvalue weighted by Gasteiger charge is 2.03. The van der Waals surface area contributed by atoms with Crippen LogP contribution in [0, 0.1) is 0 Å². The van der Waals surface area contributed by atoms with Crippen molar-refractivity contribution in [1.29, 1.82) is 0 Å². The topological polar surface area (TPSA) is 50.7 Å². The molecule has 22 heavy (non-hydrogen) atoms. The molecular weight excluding hydrogens is 321 g/mol. The van der Waals surface area contributed by atoms with E-state index in [-0.39, 0.29) is 5.56 Å². The lowest BCUT2D eigenvalue weighted by molar-refractivity contribution is 0.816. The van der Waals surface area contributed by atoms with Crippen molar-refractivity contribution in [3.8, 4) is 5.82 Å². The Morgan fingerprint density at radius 1 is 1.05 bits per heavy atom. The smallest absolute Gasteiger partial charge is 0.273 e. The molecule has 0 saturated carbocycles. The van der Waals surface area contributed by atoms with Gasteiger partial charge in [-0.1, -0.05) is 41.4 Å². The number of aromatic amines is 1. The third-order valence-electron chi connectivity index (χ3n) is 3.02. The summed E-state index contributed by atoms with van der Waals surface area (Å²) >= 11 is 11.8. The molecule has 0 aliphatic heterocycles. The van der Waals surface area contributed by atoms with Crippen molar-refractivity contribution in [3.05, 3.63) is 80.3 Å². The molecule has 4 nitrogen and oxygen atoms in total. The molecule has 2 heterocycles. The first kappa shape index (κ1) is 14.6. The standard InChI is InChI=1S/C16H11Cl2N3O/c17-13-7-5-11(9-14(13)18)4-6-12-10-16(22)21(20-12)15-3-1-2-8-19-15/h1-10,20H/b6-4+. The van der Waals surface area contributed by atoms with Gasteiger partial charge in [0.1, 0.15) is 0 Å². The van der Waals surface area contributed by atoms with E-state index < -0.39 is 0 Å². The van der Waals surface area contributed by atoms with Gasteiger partial charge >= 0.3 is 0 Å². The van der Waals surface area contributed by atoms with E-state index in [1.54, 1.807) is 36.5 Å². The van der Waals surface area contributed by atoms with Crippen LogP contribution in [-0.2, 0) is 0 Å². The Hall–Kier alpha value is -2.30. The average molecular weight is 332 g/mol. The van der Waals surface area contributed by atoms with E-state index in [4.69, 9.17) is 23.2 Å². The van der Waals surface area contributed by atoms with E-state index in [0.29, 0.717) is 21.6 Å². The Labute approximate surface area is 136 Å². The zero-order chi connectivity index (χ0) is 15.5. The van der Waals surface area contributed by atoms with Crippen molar-refractivity contribution in [1.82, 2.24) is 14.8 Å². The molecule has 0 fully saturated rings. The molecule has 1 N–H and O–H groups in total. The third-order valence-corrected chi connectivity index (χ3v) is 3.76. The monoisotopic (exact) mass is 331 g/mol. The van der Waals surface area contributed by atoms with Crippen molar-refractivity contribution in [2.45, 2.75) is 0 Å². The van der Waals surface area contributed by atoms with Crippen LogP contribution in [0.15, 0.2) is 53.5 Å². The highest BCUT2D eigenvalue weighted by Crippen LogP contribution is 2.23. The maximum atomic E-state index is 12.0. The van der Waals surface area contributed by atoms with Gasteiger partial charge in [0.25, 0.3) is 5.56 Å². The molecule has 6 heteroatoms. The normalized spacial score (nSPS) is 11.2. The van der Waals surface area contributed by atoms with Gasteiger partial charge in [-0.3, -0.25) is 9.89 Å². The van der Waals surface area contributed by atoms with Gasteiger partial charge in [0.05, 0.1) is 15.7 Å². The van der Waals surface area contributed by atoms with Crippen molar-refractivity contribution >= 4 is 35.4 Å². The van der Waals surface area contributed by atoms with E-state index >= 15 is 0 Å². The maximum Gasteiger partial charge on any atom is 0.273 e. The molecule has 3 aromatic rings. The predicted molar refractivity (Wildman–Crippen MR) is 89.6 cm³/mol. The molecule has 0 atom stereocenters. The molecule has 0 aliphatic carbocycles. The van der Waals surface area contributed by atoms with Gasteiger partial charge in [-0.15, -0.1) is 0 Å². The summed E-state index contributed by atoms with van der Waals surface area (Å²) < 4.78 is 1.38. The van der Waals surface area contributed by atoms with Gasteiger partial charge in [0.2, 0.25) is 0 Å². The summed E-state index contributed by atoms with van der Waals surface area (Å²) in [5.41, 5.74) is 1.38. The summed E-state index contributed by atoms with van der Waals surface area (Å²) in [6.07, 6.45) is 5.27. The molecule has 0 amide bonds. The van der Waals surface area contributed by atoms with Crippen LogP contribution in [0.2, 0.25) is 10.0 Å². The minimum absolute atomic E-state index is 0.174. The molecule has 0 aliphatic rings. The quantitative estimate of drug-likeness (QED) is 0.787. The summed E-state index contributed by atoms with van der Waals surface area (Å²) in [5, 5.41) is 3.99.